The van der Waals surface area contributed by atoms with Gasteiger partial charge in [0.15, 0.2) is 0 Å². The van der Waals surface area contributed by atoms with E-state index in [4.69, 9.17) is 14.2 Å². The molecule has 8 atom stereocenters. The molecule has 0 aromatic heterocycles. The van der Waals surface area contributed by atoms with Gasteiger partial charge in [0.2, 0.25) is 0 Å². The predicted octanol–water partition coefficient (Wildman–Crippen LogP) is 7.86. The first-order valence-corrected chi connectivity index (χ1v) is 18.6. The largest absolute Gasteiger partial charge is 0.455 e. The number of hydrogen-bond acceptors (Lipinski definition) is 7. The molecule has 0 aromatic carbocycles. The molecule has 44 heavy (non-hydrogen) atoms. The Balaban J connectivity index is 1.16. The summed E-state index contributed by atoms with van der Waals surface area (Å²) >= 11 is 0. The number of carbonyl (C=O) groups excluding carboxylic acids is 1. The number of ether oxygens (including phenoxy) is 3. The van der Waals surface area contributed by atoms with Crippen LogP contribution in [-0.4, -0.2) is 70.1 Å². The Morgan fingerprint density at radius 3 is 1.68 bits per heavy atom. The van der Waals surface area contributed by atoms with Crippen LogP contribution in [-0.2, 0) is 19.0 Å². The molecule has 3 rings (SSSR count). The molecule has 3 N–H and O–H groups in total. The molecular weight excluding hydrogens is 556 g/mol. The molecule has 2 saturated heterocycles. The molecule has 3 aliphatic rings. The lowest BCUT2D eigenvalue weighted by atomic mass is 9.99. The highest BCUT2D eigenvalue weighted by molar-refractivity contribution is 5.90. The first kappa shape index (κ1) is 37.5. The van der Waals surface area contributed by atoms with Gasteiger partial charge in [-0.2, -0.15) is 0 Å². The monoisotopic (exact) mass is 622 g/mol. The smallest absolute Gasteiger partial charge is 0.334 e. The lowest BCUT2D eigenvalue weighted by Gasteiger charge is -2.24. The van der Waals surface area contributed by atoms with Crippen LogP contribution in [0.3, 0.4) is 0 Å². The number of rotatable bonds is 25. The average molecular weight is 623 g/mol. The Bertz CT molecular complexity index is 801. The number of cyclic esters (lactones) is 1. The summed E-state index contributed by atoms with van der Waals surface area (Å²) in [6.07, 6.45) is 25.6. The number of carbonyl (C=O) groups is 1. The molecule has 256 valence electrons. The minimum absolute atomic E-state index is 0.00415. The number of aliphatic hydroxyl groups excluding tert-OH is 3. The van der Waals surface area contributed by atoms with Gasteiger partial charge in [-0.3, -0.25) is 0 Å². The van der Waals surface area contributed by atoms with Gasteiger partial charge >= 0.3 is 5.97 Å². The van der Waals surface area contributed by atoms with Crippen molar-refractivity contribution in [1.82, 2.24) is 0 Å². The van der Waals surface area contributed by atoms with E-state index in [0.717, 1.165) is 82.6 Å². The maximum atomic E-state index is 11.7. The molecule has 0 amide bonds. The molecular formula is C37H66O7. The summed E-state index contributed by atoms with van der Waals surface area (Å²) in [5, 5.41) is 31.9. The first-order chi connectivity index (χ1) is 21.4. The van der Waals surface area contributed by atoms with E-state index in [2.05, 4.69) is 6.92 Å². The topological polar surface area (TPSA) is 105 Å². The normalized spacial score (nSPS) is 27.4. The maximum Gasteiger partial charge on any atom is 0.334 e. The zero-order valence-corrected chi connectivity index (χ0v) is 28.1. The van der Waals surface area contributed by atoms with E-state index in [9.17, 15) is 20.1 Å². The Hall–Kier alpha value is -0.990. The van der Waals surface area contributed by atoms with Crippen LogP contribution in [0.25, 0.3) is 0 Å². The number of hydrogen-bond donors (Lipinski definition) is 3. The molecule has 0 bridgehead atoms. The molecule has 2 fully saturated rings. The SMILES string of the molecule is CCCCCCCCCCCCC[C@H](O)[C@@H]1CC[C@@H]([C@H]2CC[C@H]([C@@H](O)CCCC(O)CCCCCC3=C[C@H](C)OC3=O)O2)O1. The van der Waals surface area contributed by atoms with E-state index in [-0.39, 0.29) is 48.7 Å². The van der Waals surface area contributed by atoms with Crippen molar-refractivity contribution in [3.8, 4) is 0 Å². The van der Waals surface area contributed by atoms with Crippen molar-refractivity contribution >= 4 is 5.97 Å². The Morgan fingerprint density at radius 2 is 1.14 bits per heavy atom. The van der Waals surface area contributed by atoms with Crippen LogP contribution in [0.15, 0.2) is 11.6 Å². The molecule has 0 saturated carbocycles. The van der Waals surface area contributed by atoms with E-state index in [1.165, 1.54) is 64.2 Å². The molecule has 3 aliphatic heterocycles. The van der Waals surface area contributed by atoms with E-state index < -0.39 is 6.10 Å². The van der Waals surface area contributed by atoms with Gasteiger partial charge in [0, 0.05) is 5.57 Å². The first-order valence-electron chi connectivity index (χ1n) is 18.6. The van der Waals surface area contributed by atoms with Gasteiger partial charge in [-0.05, 0) is 83.6 Å². The maximum absolute atomic E-state index is 11.7. The summed E-state index contributed by atoms with van der Waals surface area (Å²) in [6, 6.07) is 0. The Morgan fingerprint density at radius 1 is 0.659 bits per heavy atom. The molecule has 0 radical (unpaired) electrons. The molecule has 3 heterocycles. The number of aliphatic hydroxyl groups is 3. The molecule has 0 spiro atoms. The zero-order valence-electron chi connectivity index (χ0n) is 28.1. The minimum atomic E-state index is -0.516. The third-order valence-electron chi connectivity index (χ3n) is 10.1. The number of unbranched alkanes of at least 4 members (excludes halogenated alkanes) is 12. The Labute approximate surface area is 268 Å². The number of esters is 1. The van der Waals surface area contributed by atoms with Gasteiger partial charge in [-0.15, -0.1) is 0 Å². The summed E-state index contributed by atoms with van der Waals surface area (Å²) in [5.74, 6) is -0.183. The van der Waals surface area contributed by atoms with E-state index in [0.29, 0.717) is 12.8 Å². The van der Waals surface area contributed by atoms with Crippen LogP contribution in [0.5, 0.6) is 0 Å². The molecule has 0 aliphatic carbocycles. The lowest BCUT2D eigenvalue weighted by molar-refractivity contribution is -0.139. The van der Waals surface area contributed by atoms with Crippen molar-refractivity contribution in [1.29, 1.82) is 0 Å². The van der Waals surface area contributed by atoms with Gasteiger partial charge in [-0.25, -0.2) is 4.79 Å². The minimum Gasteiger partial charge on any atom is -0.455 e. The summed E-state index contributed by atoms with van der Waals surface area (Å²) in [6.45, 7) is 4.14. The van der Waals surface area contributed by atoms with Gasteiger partial charge in [-0.1, -0.05) is 90.4 Å². The van der Waals surface area contributed by atoms with Gasteiger partial charge in [0.1, 0.15) is 6.10 Å². The van der Waals surface area contributed by atoms with Gasteiger partial charge in [0.25, 0.3) is 0 Å². The average Bonchev–Trinajstić information content (AvgIpc) is 3.76. The van der Waals surface area contributed by atoms with Crippen molar-refractivity contribution in [3.63, 3.8) is 0 Å². The second-order valence-electron chi connectivity index (χ2n) is 14.0. The van der Waals surface area contributed by atoms with Crippen LogP contribution in [0.1, 0.15) is 168 Å². The van der Waals surface area contributed by atoms with Gasteiger partial charge in [0.05, 0.1) is 42.7 Å². The van der Waals surface area contributed by atoms with Crippen molar-refractivity contribution < 1.29 is 34.3 Å². The third kappa shape index (κ3) is 14.2. The predicted molar refractivity (Wildman–Crippen MR) is 175 cm³/mol. The quantitative estimate of drug-likeness (QED) is 0.0703. The van der Waals surface area contributed by atoms with E-state index in [1.807, 2.05) is 13.0 Å². The fraction of sp³-hybridized carbons (Fsp3) is 0.919. The molecule has 7 heteroatoms. The van der Waals surface area contributed by atoms with Crippen molar-refractivity contribution in [2.75, 3.05) is 0 Å². The second-order valence-corrected chi connectivity index (χ2v) is 14.0. The highest BCUT2D eigenvalue weighted by Gasteiger charge is 2.40. The summed E-state index contributed by atoms with van der Waals surface area (Å²) in [5.41, 5.74) is 0.787. The molecule has 1 unspecified atom stereocenters. The molecule has 0 aromatic rings. The fourth-order valence-corrected chi connectivity index (χ4v) is 7.28. The molecule has 7 nitrogen and oxygen atoms in total. The zero-order chi connectivity index (χ0) is 31.6. The van der Waals surface area contributed by atoms with Crippen LogP contribution >= 0.6 is 0 Å². The second kappa shape index (κ2) is 21.7. The highest BCUT2D eigenvalue weighted by atomic mass is 16.6. The van der Waals surface area contributed by atoms with Crippen LogP contribution in [0, 0.1) is 0 Å². The van der Waals surface area contributed by atoms with Crippen molar-refractivity contribution in [2.24, 2.45) is 0 Å². The Kier molecular flexibility index (Phi) is 18.5. The summed E-state index contributed by atoms with van der Waals surface area (Å²) in [7, 11) is 0. The fourth-order valence-electron chi connectivity index (χ4n) is 7.28. The van der Waals surface area contributed by atoms with Crippen LogP contribution in [0.4, 0.5) is 0 Å². The van der Waals surface area contributed by atoms with Crippen LogP contribution < -0.4 is 0 Å². The standard InChI is InChI=1S/C37H66O7/c1-3-4-5-6-7-8-9-10-11-12-16-21-31(39)33-23-25-35(43-33)36-26-24-34(44-36)32(40)22-17-20-30(38)19-15-13-14-18-29-27-28(2)42-37(29)41/h27-28,30-36,38-40H,3-26H2,1-2H3/t28-,30?,31-,32-,33-,34+,35-,36+/m0/s1. The van der Waals surface area contributed by atoms with Crippen LogP contribution in [0.2, 0.25) is 0 Å². The van der Waals surface area contributed by atoms with Gasteiger partial charge < -0.3 is 29.5 Å². The van der Waals surface area contributed by atoms with E-state index >= 15 is 0 Å². The van der Waals surface area contributed by atoms with Crippen molar-refractivity contribution in [2.45, 2.75) is 217 Å². The lowest BCUT2D eigenvalue weighted by Crippen LogP contribution is -2.33. The van der Waals surface area contributed by atoms with Crippen molar-refractivity contribution in [3.05, 3.63) is 11.6 Å². The summed E-state index contributed by atoms with van der Waals surface area (Å²) in [4.78, 5) is 11.7. The highest BCUT2D eigenvalue weighted by Crippen LogP contribution is 2.34. The van der Waals surface area contributed by atoms with E-state index in [1.54, 1.807) is 0 Å². The third-order valence-corrected chi connectivity index (χ3v) is 10.1. The summed E-state index contributed by atoms with van der Waals surface area (Å²) < 4.78 is 17.7.